The molecule has 1 amide bonds. The number of piperidine rings is 1. The average molecular weight is 423 g/mol. The monoisotopic (exact) mass is 422 g/mol. The summed E-state index contributed by atoms with van der Waals surface area (Å²) in [5.41, 5.74) is 1.09. The van der Waals surface area contributed by atoms with E-state index in [1.54, 1.807) is 14.0 Å². The number of hydrogen-bond acceptors (Lipinski definition) is 6. The molecule has 7 nitrogen and oxygen atoms in total. The average Bonchev–Trinajstić information content (AvgIpc) is 2.93. The molecule has 1 fully saturated rings. The molecule has 29 heavy (non-hydrogen) atoms. The van der Waals surface area contributed by atoms with E-state index in [4.69, 9.17) is 25.9 Å². The molecule has 0 bridgehead atoms. The molecular formula is C21H27ClN2O5. The number of nitrogens with one attached hydrogen (secondary N) is 1. The molecule has 1 N–H and O–H groups in total. The number of hydroxylamine groups is 2. The number of hydrogen-bond donors (Lipinski definition) is 1. The highest BCUT2D eigenvalue weighted by molar-refractivity contribution is 6.35. The van der Waals surface area contributed by atoms with Gasteiger partial charge in [0.25, 0.3) is 5.91 Å². The first-order valence-corrected chi connectivity index (χ1v) is 10.2. The van der Waals surface area contributed by atoms with E-state index in [0.717, 1.165) is 5.56 Å². The highest BCUT2D eigenvalue weighted by atomic mass is 35.5. The summed E-state index contributed by atoms with van der Waals surface area (Å²) in [6.07, 6.45) is 0.235. The van der Waals surface area contributed by atoms with Crippen LogP contribution in [0.25, 0.3) is 5.57 Å². The lowest BCUT2D eigenvalue weighted by Gasteiger charge is -2.38. The van der Waals surface area contributed by atoms with E-state index in [2.05, 4.69) is 19.2 Å². The van der Waals surface area contributed by atoms with Gasteiger partial charge in [0.2, 0.25) is 0 Å². The van der Waals surface area contributed by atoms with Crippen molar-refractivity contribution >= 4 is 29.2 Å². The molecule has 158 valence electrons. The summed E-state index contributed by atoms with van der Waals surface area (Å²) in [5.74, 6) is 0.262. The van der Waals surface area contributed by atoms with E-state index < -0.39 is 11.7 Å². The molecule has 0 unspecified atom stereocenters. The fraction of sp³-hybridized carbons (Fsp3) is 0.524. The van der Waals surface area contributed by atoms with Gasteiger partial charge in [-0.05, 0) is 37.3 Å². The van der Waals surface area contributed by atoms with Crippen molar-refractivity contribution in [2.75, 3.05) is 26.8 Å². The Kier molecular flexibility index (Phi) is 6.51. The SMILES string of the molecule is CCOC(=O)OC1=C(c2ccc(C(C)C)cc2Cl)C(=O)NC12CCN(OC)CC2. The van der Waals surface area contributed by atoms with Crippen LogP contribution in [0.15, 0.2) is 24.0 Å². The van der Waals surface area contributed by atoms with Crippen LogP contribution in [0.1, 0.15) is 50.7 Å². The summed E-state index contributed by atoms with van der Waals surface area (Å²) >= 11 is 6.54. The van der Waals surface area contributed by atoms with Crippen molar-refractivity contribution in [1.29, 1.82) is 0 Å². The largest absolute Gasteiger partial charge is 0.513 e. The molecule has 1 spiro atoms. The summed E-state index contributed by atoms with van der Waals surface area (Å²) in [7, 11) is 1.61. The molecule has 1 aromatic rings. The first kappa shape index (κ1) is 21.6. The van der Waals surface area contributed by atoms with E-state index in [1.165, 1.54) is 0 Å². The Morgan fingerprint density at radius 2 is 2.00 bits per heavy atom. The maximum atomic E-state index is 13.0. The van der Waals surface area contributed by atoms with Gasteiger partial charge in [-0.1, -0.05) is 37.6 Å². The van der Waals surface area contributed by atoms with Crippen molar-refractivity contribution in [1.82, 2.24) is 10.4 Å². The number of ether oxygens (including phenoxy) is 2. The van der Waals surface area contributed by atoms with E-state index in [-0.39, 0.29) is 23.8 Å². The summed E-state index contributed by atoms with van der Waals surface area (Å²) < 4.78 is 10.6. The van der Waals surface area contributed by atoms with Crippen LogP contribution in [0.4, 0.5) is 4.79 Å². The van der Waals surface area contributed by atoms with Gasteiger partial charge >= 0.3 is 6.16 Å². The third-order valence-corrected chi connectivity index (χ3v) is 5.77. The molecule has 2 aliphatic rings. The number of benzene rings is 1. The number of rotatable bonds is 5. The third-order valence-electron chi connectivity index (χ3n) is 5.45. The van der Waals surface area contributed by atoms with Crippen LogP contribution in [-0.4, -0.2) is 49.5 Å². The van der Waals surface area contributed by atoms with Crippen LogP contribution < -0.4 is 5.32 Å². The van der Waals surface area contributed by atoms with Gasteiger partial charge in [-0.15, -0.1) is 0 Å². The number of carbonyl (C=O) groups is 2. The maximum Gasteiger partial charge on any atom is 0.513 e. The van der Waals surface area contributed by atoms with Crippen molar-refractivity contribution in [3.8, 4) is 0 Å². The quantitative estimate of drug-likeness (QED) is 0.726. The van der Waals surface area contributed by atoms with Gasteiger partial charge in [0, 0.05) is 23.7 Å². The summed E-state index contributed by atoms with van der Waals surface area (Å²) in [6, 6.07) is 5.60. The zero-order valence-corrected chi connectivity index (χ0v) is 18.0. The minimum Gasteiger partial charge on any atom is -0.434 e. The molecule has 0 aliphatic carbocycles. The molecule has 8 heteroatoms. The smallest absolute Gasteiger partial charge is 0.434 e. The second-order valence-corrected chi connectivity index (χ2v) is 7.94. The van der Waals surface area contributed by atoms with Crippen molar-refractivity contribution in [3.05, 3.63) is 40.1 Å². The third kappa shape index (κ3) is 4.27. The molecule has 0 saturated carbocycles. The Morgan fingerprint density at radius 1 is 1.31 bits per heavy atom. The highest BCUT2D eigenvalue weighted by Gasteiger charge is 2.50. The lowest BCUT2D eigenvalue weighted by atomic mass is 9.86. The molecular weight excluding hydrogens is 396 g/mol. The molecule has 1 saturated heterocycles. The molecule has 0 atom stereocenters. The Hall–Kier alpha value is -2.09. The van der Waals surface area contributed by atoms with Gasteiger partial charge in [0.1, 0.15) is 5.54 Å². The minimum atomic E-state index is -0.833. The van der Waals surface area contributed by atoms with Crippen LogP contribution >= 0.6 is 11.6 Å². The van der Waals surface area contributed by atoms with Crippen molar-refractivity contribution < 1.29 is 23.9 Å². The normalized spacial score (nSPS) is 19.0. The van der Waals surface area contributed by atoms with Crippen LogP contribution in [0.2, 0.25) is 5.02 Å². The number of amides is 1. The standard InChI is InChI=1S/C21H27ClN2O5/c1-5-28-20(26)29-18-17(15-7-6-14(13(2)3)12-16(15)22)19(25)23-21(18)8-10-24(27-4)11-9-21/h6-7,12-13H,5,8-11H2,1-4H3,(H,23,25). The summed E-state index contributed by atoms with van der Waals surface area (Å²) in [6.45, 7) is 7.18. The van der Waals surface area contributed by atoms with Crippen molar-refractivity contribution in [2.45, 2.75) is 45.1 Å². The van der Waals surface area contributed by atoms with Gasteiger partial charge < -0.3 is 19.6 Å². The molecule has 3 rings (SSSR count). The fourth-order valence-electron chi connectivity index (χ4n) is 3.80. The van der Waals surface area contributed by atoms with Crippen LogP contribution in [-0.2, 0) is 19.1 Å². The minimum absolute atomic E-state index is 0.178. The lowest BCUT2D eigenvalue weighted by molar-refractivity contribution is -0.152. The van der Waals surface area contributed by atoms with E-state index >= 15 is 0 Å². The fourth-order valence-corrected chi connectivity index (χ4v) is 4.08. The Labute approximate surface area is 175 Å². The topological polar surface area (TPSA) is 77.1 Å². The number of halogens is 1. The maximum absolute atomic E-state index is 13.0. The van der Waals surface area contributed by atoms with Gasteiger partial charge in [-0.3, -0.25) is 4.79 Å². The Morgan fingerprint density at radius 3 is 2.55 bits per heavy atom. The Bertz CT molecular complexity index is 828. The molecule has 1 aromatic carbocycles. The Balaban J connectivity index is 2.07. The lowest BCUT2D eigenvalue weighted by Crippen LogP contribution is -2.53. The predicted octanol–water partition coefficient (Wildman–Crippen LogP) is 3.87. The summed E-state index contributed by atoms with van der Waals surface area (Å²) in [5, 5.41) is 5.29. The first-order chi connectivity index (χ1) is 13.8. The van der Waals surface area contributed by atoms with Crippen LogP contribution in [0.3, 0.4) is 0 Å². The van der Waals surface area contributed by atoms with Crippen molar-refractivity contribution in [2.24, 2.45) is 0 Å². The first-order valence-electron chi connectivity index (χ1n) is 9.82. The number of carbonyl (C=O) groups excluding carboxylic acids is 2. The van der Waals surface area contributed by atoms with Crippen LogP contribution in [0.5, 0.6) is 0 Å². The van der Waals surface area contributed by atoms with E-state index in [9.17, 15) is 9.59 Å². The van der Waals surface area contributed by atoms with Crippen LogP contribution in [0, 0.1) is 0 Å². The molecule has 0 radical (unpaired) electrons. The van der Waals surface area contributed by atoms with Gasteiger partial charge in [0.15, 0.2) is 5.76 Å². The van der Waals surface area contributed by atoms with Gasteiger partial charge in [0.05, 0.1) is 19.3 Å². The predicted molar refractivity (Wildman–Crippen MR) is 109 cm³/mol. The molecule has 0 aromatic heterocycles. The summed E-state index contributed by atoms with van der Waals surface area (Å²) in [4.78, 5) is 30.5. The highest BCUT2D eigenvalue weighted by Crippen LogP contribution is 2.42. The van der Waals surface area contributed by atoms with E-state index in [0.29, 0.717) is 42.4 Å². The van der Waals surface area contributed by atoms with Gasteiger partial charge in [-0.25, -0.2) is 4.79 Å². The zero-order chi connectivity index (χ0) is 21.2. The zero-order valence-electron chi connectivity index (χ0n) is 17.2. The number of nitrogens with zero attached hydrogens (tertiary/aromatic N) is 1. The van der Waals surface area contributed by atoms with Gasteiger partial charge in [-0.2, -0.15) is 5.06 Å². The van der Waals surface area contributed by atoms with Crippen molar-refractivity contribution in [3.63, 3.8) is 0 Å². The molecule has 2 heterocycles. The molecule has 2 aliphatic heterocycles. The second kappa shape index (κ2) is 8.73. The van der Waals surface area contributed by atoms with E-state index in [1.807, 2.05) is 23.3 Å². The second-order valence-electron chi connectivity index (χ2n) is 7.53.